The summed E-state index contributed by atoms with van der Waals surface area (Å²) in [5.74, 6) is 1.45. The second-order valence-electron chi connectivity index (χ2n) is 7.44. The summed E-state index contributed by atoms with van der Waals surface area (Å²) < 4.78 is 41.7. The van der Waals surface area contributed by atoms with E-state index in [0.717, 1.165) is 35.9 Å². The predicted octanol–water partition coefficient (Wildman–Crippen LogP) is 2.38. The number of aromatic nitrogens is 6. The Balaban J connectivity index is 1.38. The highest BCUT2D eigenvalue weighted by atomic mass is 19.4. The molecular weight excluding hydrogens is 385 g/mol. The quantitative estimate of drug-likeness (QED) is 0.663. The lowest BCUT2D eigenvalue weighted by molar-refractivity contribution is -0.141. The highest BCUT2D eigenvalue weighted by Gasteiger charge is 2.37. The molecule has 2 aliphatic rings. The molecule has 1 aliphatic heterocycles. The second kappa shape index (κ2) is 6.53. The number of fused-ring (bicyclic) bond motifs is 1. The number of piperazine rings is 1. The van der Waals surface area contributed by atoms with Crippen LogP contribution in [0.5, 0.6) is 0 Å². The molecule has 0 N–H and O–H groups in total. The van der Waals surface area contributed by atoms with E-state index in [-0.39, 0.29) is 5.92 Å². The summed E-state index contributed by atoms with van der Waals surface area (Å²) in [5.41, 5.74) is 0.607. The van der Waals surface area contributed by atoms with Crippen molar-refractivity contribution in [3.8, 4) is 0 Å². The zero-order chi connectivity index (χ0) is 20.2. The van der Waals surface area contributed by atoms with Gasteiger partial charge in [0.1, 0.15) is 23.7 Å². The topological polar surface area (TPSA) is 75.9 Å². The normalized spacial score (nSPS) is 17.9. The molecule has 152 valence electrons. The van der Waals surface area contributed by atoms with Crippen molar-refractivity contribution in [3.05, 3.63) is 30.2 Å². The first-order valence-corrected chi connectivity index (χ1v) is 9.48. The molecule has 0 spiro atoms. The lowest BCUT2D eigenvalue weighted by Gasteiger charge is -2.36. The van der Waals surface area contributed by atoms with Gasteiger partial charge in [0.2, 0.25) is 0 Å². The molecule has 8 nitrogen and oxygen atoms in total. The monoisotopic (exact) mass is 404 g/mol. The highest BCUT2D eigenvalue weighted by molar-refractivity contribution is 5.83. The van der Waals surface area contributed by atoms with Gasteiger partial charge in [-0.05, 0) is 12.8 Å². The van der Waals surface area contributed by atoms with Gasteiger partial charge in [0.05, 0.1) is 6.33 Å². The van der Waals surface area contributed by atoms with Crippen molar-refractivity contribution in [1.82, 2.24) is 29.5 Å². The third kappa shape index (κ3) is 3.34. The van der Waals surface area contributed by atoms with Gasteiger partial charge in [-0.15, -0.1) is 0 Å². The Morgan fingerprint density at radius 1 is 0.966 bits per heavy atom. The molecule has 5 rings (SSSR count). The van der Waals surface area contributed by atoms with Gasteiger partial charge < -0.3 is 14.4 Å². The van der Waals surface area contributed by atoms with Crippen molar-refractivity contribution in [2.45, 2.75) is 24.9 Å². The van der Waals surface area contributed by atoms with Gasteiger partial charge in [-0.1, -0.05) is 0 Å². The van der Waals surface area contributed by atoms with E-state index in [9.17, 15) is 13.2 Å². The molecule has 0 atom stereocenters. The van der Waals surface area contributed by atoms with E-state index in [0.29, 0.717) is 37.8 Å². The number of alkyl halides is 3. The minimum atomic E-state index is -4.48. The standard InChI is InChI=1S/C18H19F3N8/c1-27-10-24-14-16(27)22-9-23-17(14)29-6-4-28(5-7-29)13-8-12(18(19,20)21)25-15(26-13)11-2-3-11/h8-11H,2-7H2,1H3. The summed E-state index contributed by atoms with van der Waals surface area (Å²) in [5, 5.41) is 0. The van der Waals surface area contributed by atoms with Crippen LogP contribution in [0.2, 0.25) is 0 Å². The van der Waals surface area contributed by atoms with Gasteiger partial charge in [0.25, 0.3) is 0 Å². The van der Waals surface area contributed by atoms with Gasteiger partial charge in [0.15, 0.2) is 17.0 Å². The van der Waals surface area contributed by atoms with Gasteiger partial charge >= 0.3 is 6.18 Å². The van der Waals surface area contributed by atoms with Gasteiger partial charge in [-0.3, -0.25) is 0 Å². The number of imidazole rings is 1. The molecular formula is C18H19F3N8. The predicted molar refractivity (Wildman–Crippen MR) is 99.7 cm³/mol. The maximum absolute atomic E-state index is 13.3. The van der Waals surface area contributed by atoms with Crippen LogP contribution < -0.4 is 9.80 Å². The summed E-state index contributed by atoms with van der Waals surface area (Å²) in [6, 6.07) is 1.06. The number of hydrogen-bond acceptors (Lipinski definition) is 7. The van der Waals surface area contributed by atoms with Crippen molar-refractivity contribution >= 4 is 22.8 Å². The first kappa shape index (κ1) is 18.1. The first-order chi connectivity index (χ1) is 13.9. The maximum atomic E-state index is 13.3. The van der Waals surface area contributed by atoms with Crippen molar-refractivity contribution in [3.63, 3.8) is 0 Å². The Morgan fingerprint density at radius 2 is 1.69 bits per heavy atom. The average Bonchev–Trinajstić information content (AvgIpc) is 3.50. The lowest BCUT2D eigenvalue weighted by atomic mass is 10.2. The molecule has 0 radical (unpaired) electrons. The van der Waals surface area contributed by atoms with E-state index in [1.54, 1.807) is 6.33 Å². The van der Waals surface area contributed by atoms with Gasteiger partial charge in [0, 0.05) is 45.2 Å². The van der Waals surface area contributed by atoms with Crippen LogP contribution >= 0.6 is 0 Å². The Bertz CT molecular complexity index is 1050. The van der Waals surface area contributed by atoms with Crippen molar-refractivity contribution in [1.29, 1.82) is 0 Å². The van der Waals surface area contributed by atoms with Gasteiger partial charge in [-0.25, -0.2) is 24.9 Å². The minimum absolute atomic E-state index is 0.0517. The van der Waals surface area contributed by atoms with Crippen molar-refractivity contribution in [2.75, 3.05) is 36.0 Å². The molecule has 0 bridgehead atoms. The highest BCUT2D eigenvalue weighted by Crippen LogP contribution is 2.40. The van der Waals surface area contributed by atoms with Crippen LogP contribution in [-0.4, -0.2) is 55.7 Å². The van der Waals surface area contributed by atoms with Gasteiger partial charge in [-0.2, -0.15) is 13.2 Å². The maximum Gasteiger partial charge on any atom is 0.433 e. The Kier molecular flexibility index (Phi) is 4.07. The molecule has 29 heavy (non-hydrogen) atoms. The summed E-state index contributed by atoms with van der Waals surface area (Å²) in [7, 11) is 1.87. The number of rotatable bonds is 3. The van der Waals surface area contributed by atoms with E-state index in [1.165, 1.54) is 6.33 Å². The van der Waals surface area contributed by atoms with Crippen molar-refractivity contribution in [2.24, 2.45) is 7.05 Å². The summed E-state index contributed by atoms with van der Waals surface area (Å²) in [6.45, 7) is 2.28. The van der Waals surface area contributed by atoms with Crippen LogP contribution in [0.25, 0.3) is 11.2 Å². The number of halogens is 3. The largest absolute Gasteiger partial charge is 0.433 e. The van der Waals surface area contributed by atoms with Crippen LogP contribution in [0.4, 0.5) is 24.8 Å². The molecule has 0 amide bonds. The van der Waals surface area contributed by atoms with E-state index in [2.05, 4.69) is 29.8 Å². The molecule has 4 heterocycles. The van der Waals surface area contributed by atoms with Crippen LogP contribution in [-0.2, 0) is 13.2 Å². The fourth-order valence-corrected chi connectivity index (χ4v) is 3.60. The Hall–Kier alpha value is -2.98. The van der Waals surface area contributed by atoms with E-state index in [4.69, 9.17) is 0 Å². The SMILES string of the molecule is Cn1cnc2c(N3CCN(c4cc(C(F)(F)F)nc(C5CC5)n4)CC3)ncnc21. The molecule has 3 aromatic rings. The molecule has 1 aliphatic carbocycles. The molecule has 11 heteroatoms. The smallest absolute Gasteiger partial charge is 0.353 e. The molecule has 0 unspecified atom stereocenters. The number of nitrogens with zero attached hydrogens (tertiary/aromatic N) is 8. The summed E-state index contributed by atoms with van der Waals surface area (Å²) >= 11 is 0. The fourth-order valence-electron chi connectivity index (χ4n) is 3.60. The summed E-state index contributed by atoms with van der Waals surface area (Å²) in [6.07, 6.45) is 0.422. The van der Waals surface area contributed by atoms with E-state index >= 15 is 0 Å². The Morgan fingerprint density at radius 3 is 2.38 bits per heavy atom. The van der Waals surface area contributed by atoms with E-state index in [1.807, 2.05) is 16.5 Å². The van der Waals surface area contributed by atoms with Crippen LogP contribution in [0.1, 0.15) is 30.3 Å². The van der Waals surface area contributed by atoms with Crippen molar-refractivity contribution < 1.29 is 13.2 Å². The average molecular weight is 404 g/mol. The molecule has 2 fully saturated rings. The number of anilines is 2. The second-order valence-corrected chi connectivity index (χ2v) is 7.44. The Labute approximate surface area is 164 Å². The number of aryl methyl sites for hydroxylation is 1. The first-order valence-electron chi connectivity index (χ1n) is 9.48. The van der Waals surface area contributed by atoms with Crippen LogP contribution in [0.3, 0.4) is 0 Å². The zero-order valence-electron chi connectivity index (χ0n) is 15.8. The molecule has 0 aromatic carbocycles. The zero-order valence-corrected chi connectivity index (χ0v) is 15.8. The summed E-state index contributed by atoms with van der Waals surface area (Å²) in [4.78, 5) is 25.2. The minimum Gasteiger partial charge on any atom is -0.353 e. The third-order valence-corrected chi connectivity index (χ3v) is 5.34. The molecule has 3 aromatic heterocycles. The van der Waals surface area contributed by atoms with Crippen LogP contribution in [0, 0.1) is 0 Å². The lowest BCUT2D eigenvalue weighted by Crippen LogP contribution is -2.47. The van der Waals surface area contributed by atoms with E-state index < -0.39 is 11.9 Å². The van der Waals surface area contributed by atoms with Crippen LogP contribution in [0.15, 0.2) is 18.7 Å². The third-order valence-electron chi connectivity index (χ3n) is 5.34. The molecule has 1 saturated heterocycles. The number of hydrogen-bond donors (Lipinski definition) is 0. The fraction of sp³-hybridized carbons (Fsp3) is 0.500. The molecule has 1 saturated carbocycles.